The first-order valence-electron chi connectivity index (χ1n) is 7.06. The number of nitrogens with two attached hydrogens (primary N) is 1. The van der Waals surface area contributed by atoms with Crippen LogP contribution >= 0.6 is 0 Å². The molecule has 102 valence electrons. The minimum atomic E-state index is -0.259. The van der Waals surface area contributed by atoms with Crippen LogP contribution in [0.2, 0.25) is 0 Å². The summed E-state index contributed by atoms with van der Waals surface area (Å²) in [4.78, 5) is 7.65. The van der Waals surface area contributed by atoms with Crippen LogP contribution in [0.5, 0.6) is 0 Å². The maximum atomic E-state index is 13.6. The normalized spacial score (nSPS) is 18.8. The highest BCUT2D eigenvalue weighted by Crippen LogP contribution is 2.38. The monoisotopic (exact) mass is 261 g/mol. The molecule has 1 saturated carbocycles. The predicted molar refractivity (Wildman–Crippen MR) is 74.3 cm³/mol. The lowest BCUT2D eigenvalue weighted by Gasteiger charge is -2.35. The van der Waals surface area contributed by atoms with Gasteiger partial charge in [-0.05, 0) is 36.9 Å². The van der Waals surface area contributed by atoms with Crippen LogP contribution in [0.1, 0.15) is 37.9 Å². The number of halogens is 1. The van der Waals surface area contributed by atoms with Crippen molar-refractivity contribution in [1.29, 1.82) is 0 Å². The van der Waals surface area contributed by atoms with Crippen LogP contribution in [0.3, 0.4) is 0 Å². The SMILES string of the molecule is NCC1(Cc2nc3c(F)cccc3[nH]2)CCCCC1. The van der Waals surface area contributed by atoms with Crippen LogP contribution < -0.4 is 5.73 Å². The summed E-state index contributed by atoms with van der Waals surface area (Å²) in [5.74, 6) is 0.609. The zero-order valence-corrected chi connectivity index (χ0v) is 11.1. The van der Waals surface area contributed by atoms with E-state index in [-0.39, 0.29) is 11.2 Å². The summed E-state index contributed by atoms with van der Waals surface area (Å²) in [6, 6.07) is 5.02. The van der Waals surface area contributed by atoms with Crippen molar-refractivity contribution in [3.05, 3.63) is 29.8 Å². The summed E-state index contributed by atoms with van der Waals surface area (Å²) >= 11 is 0. The second-order valence-electron chi connectivity index (χ2n) is 5.76. The van der Waals surface area contributed by atoms with Gasteiger partial charge < -0.3 is 10.7 Å². The molecule has 1 aromatic carbocycles. The standard InChI is InChI=1S/C15H20FN3/c16-11-5-4-6-12-14(11)19-13(18-12)9-15(10-17)7-2-1-3-8-15/h4-6H,1-3,7-10,17H2,(H,18,19). The Hall–Kier alpha value is -1.42. The van der Waals surface area contributed by atoms with E-state index in [1.165, 1.54) is 25.3 Å². The van der Waals surface area contributed by atoms with Gasteiger partial charge in [0, 0.05) is 6.42 Å². The smallest absolute Gasteiger partial charge is 0.151 e. The number of hydrogen-bond acceptors (Lipinski definition) is 2. The van der Waals surface area contributed by atoms with Gasteiger partial charge in [0.05, 0.1) is 5.52 Å². The fraction of sp³-hybridized carbons (Fsp3) is 0.533. The van der Waals surface area contributed by atoms with E-state index >= 15 is 0 Å². The molecule has 19 heavy (non-hydrogen) atoms. The van der Waals surface area contributed by atoms with Crippen LogP contribution in [0.25, 0.3) is 11.0 Å². The molecule has 0 radical (unpaired) electrons. The third kappa shape index (κ3) is 2.37. The lowest BCUT2D eigenvalue weighted by atomic mass is 9.72. The number of H-pyrrole nitrogens is 1. The first-order chi connectivity index (χ1) is 9.22. The fourth-order valence-corrected chi connectivity index (χ4v) is 3.24. The molecule has 4 heteroatoms. The molecule has 0 unspecified atom stereocenters. The first kappa shape index (κ1) is 12.6. The Labute approximate surface area is 112 Å². The van der Waals surface area contributed by atoms with Gasteiger partial charge in [-0.1, -0.05) is 25.3 Å². The third-order valence-corrected chi connectivity index (χ3v) is 4.40. The van der Waals surface area contributed by atoms with E-state index < -0.39 is 0 Å². The minimum absolute atomic E-state index is 0.155. The Balaban J connectivity index is 1.89. The van der Waals surface area contributed by atoms with E-state index in [0.29, 0.717) is 12.1 Å². The molecule has 1 aromatic heterocycles. The topological polar surface area (TPSA) is 54.7 Å². The lowest BCUT2D eigenvalue weighted by Crippen LogP contribution is -2.35. The number of nitrogens with zero attached hydrogens (tertiary/aromatic N) is 1. The summed E-state index contributed by atoms with van der Waals surface area (Å²) in [6.45, 7) is 0.687. The predicted octanol–water partition coefficient (Wildman–Crippen LogP) is 3.15. The second-order valence-corrected chi connectivity index (χ2v) is 5.76. The van der Waals surface area contributed by atoms with Crippen molar-refractivity contribution < 1.29 is 4.39 Å². The Morgan fingerprint density at radius 2 is 2.05 bits per heavy atom. The molecule has 1 fully saturated rings. The highest BCUT2D eigenvalue weighted by Gasteiger charge is 2.31. The summed E-state index contributed by atoms with van der Waals surface area (Å²) < 4.78 is 13.6. The van der Waals surface area contributed by atoms with Crippen molar-refractivity contribution in [2.45, 2.75) is 38.5 Å². The van der Waals surface area contributed by atoms with E-state index in [2.05, 4.69) is 9.97 Å². The molecule has 0 spiro atoms. The van der Waals surface area contributed by atoms with Gasteiger partial charge in [0.2, 0.25) is 0 Å². The largest absolute Gasteiger partial charge is 0.342 e. The van der Waals surface area contributed by atoms with Gasteiger partial charge in [0.15, 0.2) is 5.82 Å². The molecule has 0 atom stereocenters. The highest BCUT2D eigenvalue weighted by molar-refractivity contribution is 5.75. The van der Waals surface area contributed by atoms with Crippen molar-refractivity contribution in [1.82, 2.24) is 9.97 Å². The number of imidazole rings is 1. The first-order valence-corrected chi connectivity index (χ1v) is 7.06. The van der Waals surface area contributed by atoms with Crippen molar-refractivity contribution in [3.63, 3.8) is 0 Å². The molecule has 1 aliphatic rings. The highest BCUT2D eigenvalue weighted by atomic mass is 19.1. The van der Waals surface area contributed by atoms with E-state index in [9.17, 15) is 4.39 Å². The zero-order chi connectivity index (χ0) is 13.3. The Bertz CT molecular complexity index is 570. The zero-order valence-electron chi connectivity index (χ0n) is 11.1. The van der Waals surface area contributed by atoms with Crippen molar-refractivity contribution in [2.24, 2.45) is 11.1 Å². The lowest BCUT2D eigenvalue weighted by molar-refractivity contribution is 0.194. The van der Waals surface area contributed by atoms with Gasteiger partial charge in [0.25, 0.3) is 0 Å². The van der Waals surface area contributed by atoms with Gasteiger partial charge in [0.1, 0.15) is 11.3 Å². The molecule has 0 saturated heterocycles. The van der Waals surface area contributed by atoms with Crippen LogP contribution in [0.15, 0.2) is 18.2 Å². The molecule has 0 aliphatic heterocycles. The summed E-state index contributed by atoms with van der Waals surface area (Å²) in [7, 11) is 0. The average Bonchev–Trinajstić information content (AvgIpc) is 2.83. The molecule has 3 rings (SSSR count). The van der Waals surface area contributed by atoms with E-state index in [1.807, 2.05) is 6.07 Å². The van der Waals surface area contributed by atoms with Gasteiger partial charge in [-0.15, -0.1) is 0 Å². The number of fused-ring (bicyclic) bond motifs is 1. The number of nitrogens with one attached hydrogen (secondary N) is 1. The van der Waals surface area contributed by atoms with Gasteiger partial charge >= 0.3 is 0 Å². The minimum Gasteiger partial charge on any atom is -0.342 e. The molecular weight excluding hydrogens is 241 g/mol. The third-order valence-electron chi connectivity index (χ3n) is 4.40. The average molecular weight is 261 g/mol. The molecule has 3 nitrogen and oxygen atoms in total. The number of aromatic amines is 1. The number of aromatic nitrogens is 2. The Morgan fingerprint density at radius 1 is 1.26 bits per heavy atom. The number of rotatable bonds is 3. The number of benzene rings is 1. The molecule has 0 amide bonds. The molecular formula is C15H20FN3. The number of para-hydroxylation sites is 1. The molecule has 3 N–H and O–H groups in total. The summed E-state index contributed by atoms with van der Waals surface area (Å²) in [5, 5.41) is 0. The van der Waals surface area contributed by atoms with Crippen molar-refractivity contribution in [2.75, 3.05) is 6.54 Å². The maximum absolute atomic E-state index is 13.6. The Kier molecular flexibility index (Phi) is 3.27. The maximum Gasteiger partial charge on any atom is 0.151 e. The molecule has 2 aromatic rings. The number of hydrogen-bond donors (Lipinski definition) is 2. The second kappa shape index (κ2) is 4.93. The molecule has 1 aliphatic carbocycles. The Morgan fingerprint density at radius 3 is 2.74 bits per heavy atom. The van der Waals surface area contributed by atoms with Crippen molar-refractivity contribution in [3.8, 4) is 0 Å². The van der Waals surface area contributed by atoms with Gasteiger partial charge in [-0.2, -0.15) is 0 Å². The summed E-state index contributed by atoms with van der Waals surface area (Å²) in [6.07, 6.45) is 6.93. The van der Waals surface area contributed by atoms with Crippen LogP contribution in [0.4, 0.5) is 4.39 Å². The van der Waals surface area contributed by atoms with E-state index in [1.54, 1.807) is 6.07 Å². The quantitative estimate of drug-likeness (QED) is 0.891. The molecule has 1 heterocycles. The van der Waals surface area contributed by atoms with Crippen LogP contribution in [-0.4, -0.2) is 16.5 Å². The van der Waals surface area contributed by atoms with Gasteiger partial charge in [-0.25, -0.2) is 9.37 Å². The van der Waals surface area contributed by atoms with Gasteiger partial charge in [-0.3, -0.25) is 0 Å². The van der Waals surface area contributed by atoms with E-state index in [0.717, 1.165) is 30.6 Å². The van der Waals surface area contributed by atoms with Crippen LogP contribution in [0, 0.1) is 11.2 Å². The molecule has 0 bridgehead atoms. The summed E-state index contributed by atoms with van der Waals surface area (Å²) in [5.41, 5.74) is 7.37. The fourth-order valence-electron chi connectivity index (χ4n) is 3.24. The van der Waals surface area contributed by atoms with E-state index in [4.69, 9.17) is 5.73 Å². The van der Waals surface area contributed by atoms with Crippen LogP contribution in [-0.2, 0) is 6.42 Å². The van der Waals surface area contributed by atoms with Crippen molar-refractivity contribution >= 4 is 11.0 Å².